The summed E-state index contributed by atoms with van der Waals surface area (Å²) in [5, 5.41) is 0. The standard InChI is InChI=1S/C17H24FN/c1-2-14-11-16-13(7-6-10-17(16)18)12-19(14)15-8-4-3-5-9-15/h6-7,10,14-15H,2-5,8-9,11-12H2,1H3/t14-/m0/s1. The molecule has 0 saturated heterocycles. The lowest BCUT2D eigenvalue weighted by Gasteiger charge is -2.43. The first-order valence-corrected chi connectivity index (χ1v) is 7.81. The molecular formula is C17H24FN. The number of rotatable bonds is 2. The van der Waals surface area contributed by atoms with Gasteiger partial charge in [-0.05, 0) is 42.9 Å². The van der Waals surface area contributed by atoms with Crippen LogP contribution in [0.1, 0.15) is 56.6 Å². The molecule has 104 valence electrons. The van der Waals surface area contributed by atoms with Gasteiger partial charge in [0, 0.05) is 18.6 Å². The summed E-state index contributed by atoms with van der Waals surface area (Å²) in [6.45, 7) is 3.20. The van der Waals surface area contributed by atoms with Crippen molar-refractivity contribution in [1.29, 1.82) is 0 Å². The highest BCUT2D eigenvalue weighted by atomic mass is 19.1. The average molecular weight is 261 g/mol. The van der Waals surface area contributed by atoms with Gasteiger partial charge >= 0.3 is 0 Å². The van der Waals surface area contributed by atoms with Crippen molar-refractivity contribution in [3.63, 3.8) is 0 Å². The molecule has 1 saturated carbocycles. The second-order valence-corrected chi connectivity index (χ2v) is 6.11. The Balaban J connectivity index is 1.85. The van der Waals surface area contributed by atoms with E-state index >= 15 is 0 Å². The van der Waals surface area contributed by atoms with Crippen LogP contribution >= 0.6 is 0 Å². The Hall–Kier alpha value is -0.890. The van der Waals surface area contributed by atoms with E-state index in [0.29, 0.717) is 6.04 Å². The molecule has 0 unspecified atom stereocenters. The van der Waals surface area contributed by atoms with E-state index in [4.69, 9.17) is 0 Å². The molecule has 1 nitrogen and oxygen atoms in total. The van der Waals surface area contributed by atoms with Crippen molar-refractivity contribution >= 4 is 0 Å². The zero-order valence-corrected chi connectivity index (χ0v) is 11.9. The fraction of sp³-hybridized carbons (Fsp3) is 0.647. The maximum Gasteiger partial charge on any atom is 0.126 e. The van der Waals surface area contributed by atoms with Gasteiger partial charge in [0.2, 0.25) is 0 Å². The van der Waals surface area contributed by atoms with Gasteiger partial charge in [-0.3, -0.25) is 4.90 Å². The van der Waals surface area contributed by atoms with Crippen molar-refractivity contribution in [2.24, 2.45) is 0 Å². The minimum atomic E-state index is -0.000700. The first-order valence-electron chi connectivity index (χ1n) is 7.81. The monoisotopic (exact) mass is 261 g/mol. The number of benzene rings is 1. The molecule has 0 N–H and O–H groups in total. The average Bonchev–Trinajstić information content (AvgIpc) is 2.47. The molecule has 0 radical (unpaired) electrons. The number of halogens is 1. The van der Waals surface area contributed by atoms with Crippen LogP contribution in [0.5, 0.6) is 0 Å². The van der Waals surface area contributed by atoms with Gasteiger partial charge in [-0.2, -0.15) is 0 Å². The van der Waals surface area contributed by atoms with E-state index in [2.05, 4.69) is 17.9 Å². The minimum absolute atomic E-state index is 0.000700. The maximum absolute atomic E-state index is 13.9. The predicted octanol–water partition coefficient (Wildman–Crippen LogP) is 4.30. The van der Waals surface area contributed by atoms with Crippen LogP contribution in [0.25, 0.3) is 0 Å². The number of fused-ring (bicyclic) bond motifs is 1. The van der Waals surface area contributed by atoms with Crippen molar-refractivity contribution < 1.29 is 4.39 Å². The van der Waals surface area contributed by atoms with E-state index < -0.39 is 0 Å². The fourth-order valence-corrected chi connectivity index (χ4v) is 3.88. The summed E-state index contributed by atoms with van der Waals surface area (Å²) in [5.74, 6) is -0.000700. The van der Waals surface area contributed by atoms with E-state index in [1.807, 2.05) is 6.07 Å². The van der Waals surface area contributed by atoms with Gasteiger partial charge < -0.3 is 0 Å². The van der Waals surface area contributed by atoms with Gasteiger partial charge in [0.25, 0.3) is 0 Å². The number of hydrogen-bond acceptors (Lipinski definition) is 1. The maximum atomic E-state index is 13.9. The molecule has 0 bridgehead atoms. The minimum Gasteiger partial charge on any atom is -0.293 e. The molecule has 19 heavy (non-hydrogen) atoms. The molecule has 0 spiro atoms. The Kier molecular flexibility index (Phi) is 3.88. The van der Waals surface area contributed by atoms with Crippen LogP contribution in [0.15, 0.2) is 18.2 Å². The van der Waals surface area contributed by atoms with E-state index in [1.54, 1.807) is 6.07 Å². The molecule has 1 aromatic carbocycles. The van der Waals surface area contributed by atoms with Crippen LogP contribution in [-0.2, 0) is 13.0 Å². The molecule has 2 aliphatic rings. The summed E-state index contributed by atoms with van der Waals surface area (Å²) in [6, 6.07) is 6.85. The zero-order chi connectivity index (χ0) is 13.2. The Morgan fingerprint density at radius 2 is 2.00 bits per heavy atom. The van der Waals surface area contributed by atoms with Gasteiger partial charge in [0.1, 0.15) is 5.82 Å². The molecule has 1 aliphatic heterocycles. The van der Waals surface area contributed by atoms with E-state index in [0.717, 1.165) is 31.0 Å². The molecule has 3 rings (SSSR count). The highest BCUT2D eigenvalue weighted by molar-refractivity contribution is 5.31. The van der Waals surface area contributed by atoms with Crippen molar-refractivity contribution in [2.45, 2.75) is 70.5 Å². The molecule has 2 heteroatoms. The summed E-state index contributed by atoms with van der Waals surface area (Å²) >= 11 is 0. The zero-order valence-electron chi connectivity index (χ0n) is 11.9. The van der Waals surface area contributed by atoms with Crippen LogP contribution in [0.3, 0.4) is 0 Å². The molecule has 0 amide bonds. The second-order valence-electron chi connectivity index (χ2n) is 6.11. The lowest BCUT2D eigenvalue weighted by Crippen LogP contribution is -2.47. The topological polar surface area (TPSA) is 3.24 Å². The van der Waals surface area contributed by atoms with Crippen LogP contribution in [-0.4, -0.2) is 17.0 Å². The van der Waals surface area contributed by atoms with Crippen molar-refractivity contribution in [1.82, 2.24) is 4.90 Å². The molecule has 1 atom stereocenters. The third-order valence-corrected chi connectivity index (χ3v) is 4.99. The molecule has 1 aliphatic carbocycles. The van der Waals surface area contributed by atoms with Gasteiger partial charge in [0.15, 0.2) is 0 Å². The Labute approximate surface area is 115 Å². The Morgan fingerprint density at radius 3 is 2.74 bits per heavy atom. The molecule has 1 heterocycles. The van der Waals surface area contributed by atoms with Crippen LogP contribution in [0.2, 0.25) is 0 Å². The third kappa shape index (κ3) is 2.55. The van der Waals surface area contributed by atoms with Crippen LogP contribution in [0.4, 0.5) is 4.39 Å². The van der Waals surface area contributed by atoms with Gasteiger partial charge in [0.05, 0.1) is 0 Å². The highest BCUT2D eigenvalue weighted by Crippen LogP contribution is 2.33. The molecule has 1 aromatic rings. The Morgan fingerprint density at radius 1 is 1.21 bits per heavy atom. The largest absolute Gasteiger partial charge is 0.293 e. The second kappa shape index (κ2) is 5.62. The summed E-state index contributed by atoms with van der Waals surface area (Å²) in [6.07, 6.45) is 8.83. The van der Waals surface area contributed by atoms with Crippen molar-refractivity contribution in [3.8, 4) is 0 Å². The molecule has 0 aromatic heterocycles. The molecule has 1 fully saturated rings. The first kappa shape index (κ1) is 13.1. The number of nitrogens with zero attached hydrogens (tertiary/aromatic N) is 1. The summed E-state index contributed by atoms with van der Waals surface area (Å²) in [5.41, 5.74) is 2.19. The Bertz CT molecular complexity index is 437. The quantitative estimate of drug-likeness (QED) is 0.767. The summed E-state index contributed by atoms with van der Waals surface area (Å²) < 4.78 is 13.9. The van der Waals surface area contributed by atoms with E-state index in [9.17, 15) is 4.39 Å². The summed E-state index contributed by atoms with van der Waals surface area (Å²) in [4.78, 5) is 2.67. The highest BCUT2D eigenvalue weighted by Gasteiger charge is 2.32. The van der Waals surface area contributed by atoms with Crippen LogP contribution < -0.4 is 0 Å². The lowest BCUT2D eigenvalue weighted by atomic mass is 9.87. The normalized spacial score (nSPS) is 25.3. The smallest absolute Gasteiger partial charge is 0.126 e. The van der Waals surface area contributed by atoms with Crippen LogP contribution in [0, 0.1) is 5.82 Å². The van der Waals surface area contributed by atoms with Gasteiger partial charge in [-0.1, -0.05) is 38.3 Å². The van der Waals surface area contributed by atoms with Gasteiger partial charge in [-0.15, -0.1) is 0 Å². The number of hydrogen-bond donors (Lipinski definition) is 0. The predicted molar refractivity (Wildman–Crippen MR) is 76.6 cm³/mol. The van der Waals surface area contributed by atoms with E-state index in [-0.39, 0.29) is 5.82 Å². The fourth-order valence-electron chi connectivity index (χ4n) is 3.88. The van der Waals surface area contributed by atoms with Crippen molar-refractivity contribution in [2.75, 3.05) is 0 Å². The van der Waals surface area contributed by atoms with Gasteiger partial charge in [-0.25, -0.2) is 4.39 Å². The van der Waals surface area contributed by atoms with Crippen molar-refractivity contribution in [3.05, 3.63) is 35.1 Å². The third-order valence-electron chi connectivity index (χ3n) is 4.99. The SMILES string of the molecule is CC[C@H]1Cc2c(F)cccc2CN1C1CCCCC1. The lowest BCUT2D eigenvalue weighted by molar-refractivity contribution is 0.0816. The molecular weight excluding hydrogens is 237 g/mol. The van der Waals surface area contributed by atoms with E-state index in [1.165, 1.54) is 37.7 Å². The first-order chi connectivity index (χ1) is 9.29. The summed E-state index contributed by atoms with van der Waals surface area (Å²) in [7, 11) is 0.